The summed E-state index contributed by atoms with van der Waals surface area (Å²) in [6.45, 7) is 0.927. The van der Waals surface area contributed by atoms with Gasteiger partial charge in [0.15, 0.2) is 5.96 Å². The lowest BCUT2D eigenvalue weighted by Gasteiger charge is -2.33. The molecule has 18 N–H and O–H groups in total. The molecule has 3 aromatic carbocycles. The van der Waals surface area contributed by atoms with Crippen LogP contribution in [0, 0.1) is 11.3 Å². The van der Waals surface area contributed by atoms with Crippen LogP contribution in [0.15, 0.2) is 85.1 Å². The minimum Gasteiger partial charge on any atom is -0.508 e. The van der Waals surface area contributed by atoms with E-state index in [9.17, 15) is 82.4 Å². The van der Waals surface area contributed by atoms with Gasteiger partial charge in [-0.15, -0.1) is 11.8 Å². The minimum atomic E-state index is -1.91. The predicted octanol–water partition coefficient (Wildman–Crippen LogP) is -4.38. The van der Waals surface area contributed by atoms with E-state index >= 15 is 0 Å². The molecule has 100 heavy (non-hydrogen) atoms. The molecule has 34 nitrogen and oxygen atoms in total. The van der Waals surface area contributed by atoms with Crippen LogP contribution in [0.5, 0.6) is 5.75 Å². The molecule has 0 saturated carbocycles. The molecule has 9 atom stereocenters. The molecule has 1 aliphatic rings. The van der Waals surface area contributed by atoms with Crippen LogP contribution in [0.4, 0.5) is 0 Å². The Morgan fingerprint density at radius 3 is 1.90 bits per heavy atom. The summed E-state index contributed by atoms with van der Waals surface area (Å²) < 4.78 is 0. The summed E-state index contributed by atoms with van der Waals surface area (Å²) in [5.41, 5.74) is 13.0. The molecule has 0 spiro atoms. The van der Waals surface area contributed by atoms with E-state index in [2.05, 4.69) is 52.8 Å². The maximum atomic E-state index is 14.8. The molecule has 542 valence electrons. The fourth-order valence-corrected chi connectivity index (χ4v) is 11.5. The van der Waals surface area contributed by atoms with Crippen molar-refractivity contribution in [2.45, 2.75) is 114 Å². The number of nitrogens with two attached hydrogens (primary N) is 2. The molecule has 2 heterocycles. The quantitative estimate of drug-likeness (QED) is 0.0270. The molecular formula is C65H89N17O17S. The molecular weight excluding hydrogens is 1320 g/mol. The zero-order valence-electron chi connectivity index (χ0n) is 56.5. The van der Waals surface area contributed by atoms with Gasteiger partial charge < -0.3 is 99.2 Å². The molecule has 0 aliphatic carbocycles. The lowest BCUT2D eigenvalue weighted by atomic mass is 10.0. The van der Waals surface area contributed by atoms with Gasteiger partial charge in [-0.2, -0.15) is 0 Å². The molecule has 1 saturated heterocycles. The summed E-state index contributed by atoms with van der Waals surface area (Å²) in [4.78, 5) is 202. The number of hydrogen-bond donors (Lipinski definition) is 16. The topological polar surface area (TPSA) is 513 Å². The van der Waals surface area contributed by atoms with Crippen LogP contribution in [-0.4, -0.2) is 255 Å². The maximum Gasteiger partial charge on any atom is 0.305 e. The number of thioether (sulfide) groups is 1. The minimum absolute atomic E-state index is 0.0326. The molecule has 1 aromatic heterocycles. The van der Waals surface area contributed by atoms with Crippen molar-refractivity contribution in [1.82, 2.24) is 72.4 Å². The lowest BCUT2D eigenvalue weighted by molar-refractivity contribution is -0.147. The highest BCUT2D eigenvalue weighted by Crippen LogP contribution is 2.22. The second kappa shape index (κ2) is 38.3. The molecule has 0 radical (unpaired) electrons. The van der Waals surface area contributed by atoms with Gasteiger partial charge in [0, 0.05) is 76.9 Å². The van der Waals surface area contributed by atoms with Crippen LogP contribution in [0.2, 0.25) is 0 Å². The third kappa shape index (κ3) is 24.0. The summed E-state index contributed by atoms with van der Waals surface area (Å²) >= 11 is 0.788. The molecule has 5 rings (SSSR count). The van der Waals surface area contributed by atoms with Crippen LogP contribution >= 0.6 is 11.8 Å². The van der Waals surface area contributed by atoms with E-state index in [0.29, 0.717) is 27.6 Å². The first kappa shape index (κ1) is 79.8. The van der Waals surface area contributed by atoms with Crippen molar-refractivity contribution in [3.8, 4) is 5.75 Å². The number of aromatic hydroxyl groups is 1. The first-order valence-corrected chi connectivity index (χ1v) is 33.0. The number of carboxylic acids is 1. The first-order chi connectivity index (χ1) is 47.3. The van der Waals surface area contributed by atoms with Gasteiger partial charge in [0.25, 0.3) is 0 Å². The number of likely N-dealkylation sites (N-methyl/N-ethyl adjacent to an activating group) is 4. The van der Waals surface area contributed by atoms with E-state index in [4.69, 9.17) is 16.9 Å². The van der Waals surface area contributed by atoms with E-state index < -0.39 is 193 Å². The van der Waals surface area contributed by atoms with Crippen molar-refractivity contribution in [3.05, 3.63) is 102 Å². The number of nitrogens with zero attached hydrogens (tertiary/aromatic N) is 4. The third-order valence-electron chi connectivity index (χ3n) is 16.4. The highest BCUT2D eigenvalue weighted by Gasteiger charge is 2.40. The summed E-state index contributed by atoms with van der Waals surface area (Å²) in [5, 5.41) is 61.3. The number of aromatic nitrogens is 1. The van der Waals surface area contributed by atoms with Crippen LogP contribution in [0.1, 0.15) is 56.7 Å². The van der Waals surface area contributed by atoms with Crippen molar-refractivity contribution in [2.75, 3.05) is 72.5 Å². The van der Waals surface area contributed by atoms with E-state index in [1.54, 1.807) is 60.8 Å². The second-order valence-corrected chi connectivity index (χ2v) is 25.3. The van der Waals surface area contributed by atoms with Gasteiger partial charge in [0.2, 0.25) is 76.8 Å². The second-order valence-electron chi connectivity index (χ2n) is 24.3. The number of carboxylic acid groups (broad SMARTS) is 1. The average Bonchev–Trinajstić information content (AvgIpc) is 1.50. The fraction of sp³-hybridized carbons (Fsp3) is 0.462. The number of aromatic amines is 1. The third-order valence-corrected chi connectivity index (χ3v) is 17.4. The maximum absolute atomic E-state index is 14.8. The molecule has 4 aromatic rings. The number of guanidine groups is 1. The van der Waals surface area contributed by atoms with Gasteiger partial charge in [0.1, 0.15) is 60.1 Å². The monoisotopic (exact) mass is 1410 g/mol. The summed E-state index contributed by atoms with van der Waals surface area (Å²) in [6.07, 6.45) is -0.134. The van der Waals surface area contributed by atoms with Gasteiger partial charge in [0.05, 0.1) is 38.4 Å². The highest BCUT2D eigenvalue weighted by molar-refractivity contribution is 8.00. The summed E-state index contributed by atoms with van der Waals surface area (Å²) in [7, 11) is 4.86. The van der Waals surface area contributed by atoms with E-state index in [1.807, 2.05) is 0 Å². The zero-order valence-corrected chi connectivity index (χ0v) is 57.3. The van der Waals surface area contributed by atoms with Crippen molar-refractivity contribution in [2.24, 2.45) is 17.4 Å². The van der Waals surface area contributed by atoms with E-state index in [1.165, 1.54) is 66.2 Å². The molecule has 0 unspecified atom stereocenters. The number of para-hydroxylation sites is 1. The Balaban J connectivity index is 1.57. The van der Waals surface area contributed by atoms with Gasteiger partial charge >= 0.3 is 5.97 Å². The number of phenols is 1. The van der Waals surface area contributed by atoms with Crippen LogP contribution in [0.25, 0.3) is 10.9 Å². The lowest BCUT2D eigenvalue weighted by Crippen LogP contribution is -2.61. The number of aliphatic hydroxyl groups is 1. The molecule has 1 aliphatic heterocycles. The number of nitrogens with one attached hydrogen (secondary N) is 11. The smallest absolute Gasteiger partial charge is 0.305 e. The van der Waals surface area contributed by atoms with Gasteiger partial charge in [-0.1, -0.05) is 74.5 Å². The first-order valence-electron chi connectivity index (χ1n) is 31.8. The van der Waals surface area contributed by atoms with Gasteiger partial charge in [-0.05, 0) is 60.6 Å². The van der Waals surface area contributed by atoms with Crippen molar-refractivity contribution in [1.29, 1.82) is 5.41 Å². The molecule has 35 heteroatoms. The molecule has 1 fully saturated rings. The molecule has 13 amide bonds. The predicted molar refractivity (Wildman–Crippen MR) is 364 cm³/mol. The largest absolute Gasteiger partial charge is 0.508 e. The Labute approximate surface area is 580 Å². The standard InChI is InChI=1S/C65H89N17O17S/c1-35(2)55-64(99)82(7)49(32-83)60(95)72-30-51(86)73-43(18-13-23-69-65(67)68)61(96)81(6)48(25-37-14-9-8-10-15-37)63(98)79(4)31-52(87)74-44(24-38-19-21-40(84)22-20-38)58(93)77-47(57(92)71-29-50(66)85)33-100-34-53(88)75-46(26-39-28-70-42-17-12-11-16-41(39)42)62(97)80(5)36(3)56(91)76-45(27-54(89)90)59(94)78-55/h8-12,14-17,19-22,28,35-36,43-49,55,70,83-84H,13,18,23-27,29-34H2,1-7H3,(H2,66,85)(H,71,92)(H,72,95)(H,73,86)(H,74,87)(H,75,88)(H,76,91)(H,77,93)(H,78,94)(H,89,90)(H4,67,68,69)/t36-,43-,44-,45-,46+,47-,48-,49-,55-/m0/s1. The Morgan fingerprint density at radius 2 is 1.26 bits per heavy atom. The Morgan fingerprint density at radius 1 is 0.650 bits per heavy atom. The number of amides is 13. The number of carbonyl (C=O) groups excluding carboxylic acids is 13. The van der Waals surface area contributed by atoms with Crippen molar-refractivity contribution < 1.29 is 82.4 Å². The number of aliphatic carboxylic acids is 1. The molecule has 0 bridgehead atoms. The summed E-state index contributed by atoms with van der Waals surface area (Å²) in [5.74, 6) is -16.3. The SMILES string of the molecule is CC(C)[C@@H]1NC(=O)[C@H](CC(=O)O)NC(=O)[C@H](C)N(C)C(=O)[C@@H](Cc2c[nH]c3ccccc23)NC(=O)CSC[C@@H](C(=O)NCC(N)=O)NC(=O)[C@H](Cc2ccc(O)cc2)NC(=O)CN(C)C(=O)[C@H](Cc2ccccc2)N(C)C(=O)[C@H](CCCNC(=N)N)NC(=O)CNC(=O)[C@H](CO)N(C)C1=O. The van der Waals surface area contributed by atoms with E-state index in [-0.39, 0.29) is 44.4 Å². The van der Waals surface area contributed by atoms with E-state index in [0.717, 1.165) is 38.4 Å². The van der Waals surface area contributed by atoms with Crippen LogP contribution < -0.4 is 59.3 Å². The number of hydrogen-bond acceptors (Lipinski definition) is 18. The van der Waals surface area contributed by atoms with Gasteiger partial charge in [-0.25, -0.2) is 0 Å². The number of primary amides is 1. The Kier molecular flexibility index (Phi) is 30.6. The Bertz CT molecular complexity index is 3620. The number of benzene rings is 3. The van der Waals surface area contributed by atoms with Crippen LogP contribution in [-0.2, 0) is 86.4 Å². The number of rotatable bonds is 17. The average molecular weight is 1410 g/mol. The Hall–Kier alpha value is -10.8. The van der Waals surface area contributed by atoms with Gasteiger partial charge in [-0.3, -0.25) is 72.5 Å². The number of aliphatic hydroxyl groups excluding tert-OH is 1. The summed E-state index contributed by atoms with van der Waals surface area (Å²) in [6, 6.07) is 6.85. The number of carbonyl (C=O) groups is 14. The highest BCUT2D eigenvalue weighted by atomic mass is 32.2. The number of fused-ring (bicyclic) bond motifs is 1. The normalized spacial score (nSPS) is 22.6. The van der Waals surface area contributed by atoms with Crippen molar-refractivity contribution >= 4 is 111 Å². The number of H-pyrrole nitrogens is 1. The van der Waals surface area contributed by atoms with Crippen LogP contribution in [0.3, 0.4) is 0 Å². The fourth-order valence-electron chi connectivity index (χ4n) is 10.6. The number of phenolic OH excluding ortho intramolecular Hbond substituents is 1. The zero-order chi connectivity index (χ0) is 74.1. The van der Waals surface area contributed by atoms with Crippen molar-refractivity contribution in [3.63, 3.8) is 0 Å².